The van der Waals surface area contributed by atoms with E-state index in [2.05, 4.69) is 5.32 Å². The van der Waals surface area contributed by atoms with Gasteiger partial charge in [-0.15, -0.1) is 0 Å². The molecule has 3 heteroatoms. The summed E-state index contributed by atoms with van der Waals surface area (Å²) in [6.45, 7) is 1.84. The molecule has 1 aromatic carbocycles. The zero-order valence-electron chi connectivity index (χ0n) is 8.78. The van der Waals surface area contributed by atoms with Gasteiger partial charge in [-0.1, -0.05) is 12.1 Å². The number of nitrogens with one attached hydrogen (secondary N) is 1. The summed E-state index contributed by atoms with van der Waals surface area (Å²) < 4.78 is 5.25. The Labute approximate surface area is 88.1 Å². The van der Waals surface area contributed by atoms with Gasteiger partial charge in [-0.05, 0) is 26.1 Å². The summed E-state index contributed by atoms with van der Waals surface area (Å²) in [5.74, 6) is 0.0794. The number of benzene rings is 1. The Kier molecular flexibility index (Phi) is 2.56. The van der Waals surface area contributed by atoms with Crippen LogP contribution in [0.25, 0.3) is 11.0 Å². The molecular weight excluding hydrogens is 190 g/mol. The molecule has 78 valence electrons. The third-order valence-electron chi connectivity index (χ3n) is 2.57. The normalized spacial score (nSPS) is 12.9. The summed E-state index contributed by atoms with van der Waals surface area (Å²) in [7, 11) is 1.77. The highest BCUT2D eigenvalue weighted by atomic mass is 16.3. The van der Waals surface area contributed by atoms with Gasteiger partial charge in [0.05, 0.1) is 12.3 Å². The first-order valence-electron chi connectivity index (χ1n) is 4.91. The lowest BCUT2D eigenvalue weighted by Gasteiger charge is -2.08. The molecule has 1 aromatic heterocycles. The molecule has 1 heterocycles. The van der Waals surface area contributed by atoms with Gasteiger partial charge in [0.25, 0.3) is 0 Å². The van der Waals surface area contributed by atoms with Crippen LogP contribution in [-0.4, -0.2) is 18.9 Å². The highest BCUT2D eigenvalue weighted by Gasteiger charge is 2.13. The van der Waals surface area contributed by atoms with Crippen molar-refractivity contribution in [3.63, 3.8) is 0 Å². The molecule has 0 spiro atoms. The summed E-state index contributed by atoms with van der Waals surface area (Å²) in [6.07, 6.45) is 1.63. The fraction of sp³-hybridized carbons (Fsp3) is 0.250. The van der Waals surface area contributed by atoms with Gasteiger partial charge in [0.15, 0.2) is 5.78 Å². The monoisotopic (exact) mass is 203 g/mol. The molecule has 3 nitrogen and oxygen atoms in total. The second-order valence-corrected chi connectivity index (χ2v) is 3.55. The third-order valence-corrected chi connectivity index (χ3v) is 2.57. The molecule has 1 N–H and O–H groups in total. The molecule has 0 aliphatic rings. The van der Waals surface area contributed by atoms with Crippen molar-refractivity contribution in [1.82, 2.24) is 5.32 Å². The fourth-order valence-corrected chi connectivity index (χ4v) is 1.49. The SMILES string of the molecule is CNC(C)C(=O)c1ccc2ccoc2c1. The maximum absolute atomic E-state index is 11.8. The maximum atomic E-state index is 11.8. The van der Waals surface area contributed by atoms with Crippen LogP contribution in [0.5, 0.6) is 0 Å². The van der Waals surface area contributed by atoms with Crippen LogP contribution < -0.4 is 5.32 Å². The van der Waals surface area contributed by atoms with Gasteiger partial charge in [0.2, 0.25) is 0 Å². The Morgan fingerprint density at radius 2 is 2.20 bits per heavy atom. The minimum atomic E-state index is -0.169. The maximum Gasteiger partial charge on any atom is 0.179 e. The van der Waals surface area contributed by atoms with Crippen LogP contribution in [0.1, 0.15) is 17.3 Å². The summed E-state index contributed by atoms with van der Waals surface area (Å²) in [5, 5.41) is 3.94. The van der Waals surface area contributed by atoms with E-state index in [0.29, 0.717) is 5.56 Å². The highest BCUT2D eigenvalue weighted by Crippen LogP contribution is 2.17. The fourth-order valence-electron chi connectivity index (χ4n) is 1.49. The van der Waals surface area contributed by atoms with E-state index < -0.39 is 0 Å². The van der Waals surface area contributed by atoms with Crippen molar-refractivity contribution in [3.05, 3.63) is 36.1 Å². The summed E-state index contributed by atoms with van der Waals surface area (Å²) in [4.78, 5) is 11.8. The molecule has 0 aliphatic carbocycles. The first-order chi connectivity index (χ1) is 7.22. The van der Waals surface area contributed by atoms with Crippen LogP contribution in [0.15, 0.2) is 34.9 Å². The second-order valence-electron chi connectivity index (χ2n) is 3.55. The van der Waals surface area contributed by atoms with Crippen LogP contribution in [-0.2, 0) is 0 Å². The molecule has 0 saturated heterocycles. The van der Waals surface area contributed by atoms with Gasteiger partial charge in [-0.25, -0.2) is 0 Å². The van der Waals surface area contributed by atoms with Crippen LogP contribution in [0.2, 0.25) is 0 Å². The number of rotatable bonds is 3. The van der Waals surface area contributed by atoms with Crippen LogP contribution >= 0.6 is 0 Å². The lowest BCUT2D eigenvalue weighted by atomic mass is 10.0. The van der Waals surface area contributed by atoms with E-state index in [4.69, 9.17) is 4.42 Å². The molecular formula is C12H13NO2. The molecule has 0 bridgehead atoms. The Bertz CT molecular complexity index is 487. The van der Waals surface area contributed by atoms with Crippen molar-refractivity contribution in [2.24, 2.45) is 0 Å². The zero-order chi connectivity index (χ0) is 10.8. The Hall–Kier alpha value is -1.61. The molecule has 0 amide bonds. The predicted octanol–water partition coefficient (Wildman–Crippen LogP) is 2.22. The summed E-state index contributed by atoms with van der Waals surface area (Å²) in [6, 6.07) is 7.22. The van der Waals surface area contributed by atoms with E-state index in [9.17, 15) is 4.79 Å². The van der Waals surface area contributed by atoms with Gasteiger partial charge in [0.1, 0.15) is 5.58 Å². The quantitative estimate of drug-likeness (QED) is 0.778. The summed E-state index contributed by atoms with van der Waals surface area (Å²) in [5.41, 5.74) is 1.43. The molecule has 15 heavy (non-hydrogen) atoms. The Balaban J connectivity index is 2.39. The highest BCUT2D eigenvalue weighted by molar-refractivity contribution is 6.02. The predicted molar refractivity (Wildman–Crippen MR) is 59.1 cm³/mol. The average Bonchev–Trinajstić information content (AvgIpc) is 2.73. The third kappa shape index (κ3) is 1.78. The molecule has 0 fully saturated rings. The van der Waals surface area contributed by atoms with Crippen molar-refractivity contribution in [3.8, 4) is 0 Å². The number of fused-ring (bicyclic) bond motifs is 1. The number of carbonyl (C=O) groups is 1. The first-order valence-corrected chi connectivity index (χ1v) is 4.91. The summed E-state index contributed by atoms with van der Waals surface area (Å²) >= 11 is 0. The number of likely N-dealkylation sites (N-methyl/N-ethyl adjacent to an activating group) is 1. The number of ketones is 1. The van der Waals surface area contributed by atoms with Gasteiger partial charge in [0, 0.05) is 10.9 Å². The molecule has 2 rings (SSSR count). The number of furan rings is 1. The van der Waals surface area contributed by atoms with Crippen molar-refractivity contribution >= 4 is 16.8 Å². The molecule has 0 aliphatic heterocycles. The Morgan fingerprint density at radius 3 is 2.93 bits per heavy atom. The second kappa shape index (κ2) is 3.87. The minimum absolute atomic E-state index is 0.0794. The largest absolute Gasteiger partial charge is 0.464 e. The molecule has 0 radical (unpaired) electrons. The van der Waals surface area contributed by atoms with E-state index in [1.165, 1.54) is 0 Å². The van der Waals surface area contributed by atoms with Crippen LogP contribution in [0.3, 0.4) is 0 Å². The van der Waals surface area contributed by atoms with E-state index >= 15 is 0 Å². The van der Waals surface area contributed by atoms with E-state index in [0.717, 1.165) is 11.0 Å². The topological polar surface area (TPSA) is 42.2 Å². The lowest BCUT2D eigenvalue weighted by Crippen LogP contribution is -2.30. The zero-order valence-corrected chi connectivity index (χ0v) is 8.78. The number of Topliss-reactive ketones (excluding diaryl/α,β-unsaturated/α-hetero) is 1. The van der Waals surface area contributed by atoms with Crippen LogP contribution in [0, 0.1) is 0 Å². The molecule has 1 atom stereocenters. The lowest BCUT2D eigenvalue weighted by molar-refractivity contribution is 0.0955. The van der Waals surface area contributed by atoms with Gasteiger partial charge in [-0.3, -0.25) is 4.79 Å². The van der Waals surface area contributed by atoms with Crippen molar-refractivity contribution in [1.29, 1.82) is 0 Å². The van der Waals surface area contributed by atoms with E-state index in [-0.39, 0.29) is 11.8 Å². The Morgan fingerprint density at radius 1 is 1.40 bits per heavy atom. The number of hydrogen-bond donors (Lipinski definition) is 1. The van der Waals surface area contributed by atoms with E-state index in [1.54, 1.807) is 19.4 Å². The van der Waals surface area contributed by atoms with Gasteiger partial charge in [-0.2, -0.15) is 0 Å². The standard InChI is InChI=1S/C12H13NO2/c1-8(13-2)12(14)10-4-3-9-5-6-15-11(9)7-10/h3-8,13H,1-2H3. The molecule has 1 unspecified atom stereocenters. The van der Waals surface area contributed by atoms with Gasteiger partial charge < -0.3 is 9.73 Å². The first kappa shape index (κ1) is 9.93. The minimum Gasteiger partial charge on any atom is -0.464 e. The van der Waals surface area contributed by atoms with Gasteiger partial charge >= 0.3 is 0 Å². The van der Waals surface area contributed by atoms with Crippen molar-refractivity contribution < 1.29 is 9.21 Å². The van der Waals surface area contributed by atoms with Crippen molar-refractivity contribution in [2.45, 2.75) is 13.0 Å². The van der Waals surface area contributed by atoms with Crippen molar-refractivity contribution in [2.75, 3.05) is 7.05 Å². The molecule has 0 saturated carbocycles. The number of hydrogen-bond acceptors (Lipinski definition) is 3. The molecule has 2 aromatic rings. The number of carbonyl (C=O) groups excluding carboxylic acids is 1. The van der Waals surface area contributed by atoms with E-state index in [1.807, 2.05) is 25.1 Å². The van der Waals surface area contributed by atoms with Crippen LogP contribution in [0.4, 0.5) is 0 Å². The average molecular weight is 203 g/mol. The smallest absolute Gasteiger partial charge is 0.179 e.